The number of alkyl halides is 3. The second-order valence-electron chi connectivity index (χ2n) is 2.35. The SMILES string of the molecule is N[C@@H]1COC[C@H]1C(F)(F)F. The van der Waals surface area contributed by atoms with Crippen LogP contribution < -0.4 is 5.73 Å². The van der Waals surface area contributed by atoms with Gasteiger partial charge < -0.3 is 10.5 Å². The molecule has 0 saturated carbocycles. The molecule has 0 amide bonds. The highest BCUT2D eigenvalue weighted by atomic mass is 19.4. The van der Waals surface area contributed by atoms with E-state index in [2.05, 4.69) is 4.74 Å². The van der Waals surface area contributed by atoms with E-state index < -0.39 is 18.1 Å². The van der Waals surface area contributed by atoms with Gasteiger partial charge in [0, 0.05) is 6.04 Å². The first kappa shape index (κ1) is 7.81. The van der Waals surface area contributed by atoms with Crippen LogP contribution >= 0.6 is 0 Å². The summed E-state index contributed by atoms with van der Waals surface area (Å²) < 4.78 is 40.1. The highest BCUT2D eigenvalue weighted by Crippen LogP contribution is 2.31. The van der Waals surface area contributed by atoms with Crippen LogP contribution in [0.1, 0.15) is 0 Å². The zero-order chi connectivity index (χ0) is 7.78. The van der Waals surface area contributed by atoms with Gasteiger partial charge in [-0.1, -0.05) is 0 Å². The highest BCUT2D eigenvalue weighted by Gasteiger charge is 2.46. The molecule has 0 radical (unpaired) electrons. The molecule has 0 aromatic heterocycles. The van der Waals surface area contributed by atoms with Crippen molar-refractivity contribution in [3.8, 4) is 0 Å². The van der Waals surface area contributed by atoms with E-state index in [0.29, 0.717) is 0 Å². The van der Waals surface area contributed by atoms with Crippen LogP contribution in [0.4, 0.5) is 13.2 Å². The minimum absolute atomic E-state index is 0.0180. The van der Waals surface area contributed by atoms with Crippen molar-refractivity contribution < 1.29 is 17.9 Å². The molecule has 1 heterocycles. The van der Waals surface area contributed by atoms with Gasteiger partial charge in [0.15, 0.2) is 0 Å². The van der Waals surface area contributed by atoms with Gasteiger partial charge in [-0.05, 0) is 0 Å². The van der Waals surface area contributed by atoms with Gasteiger partial charge >= 0.3 is 6.18 Å². The molecule has 1 saturated heterocycles. The molecule has 2 nitrogen and oxygen atoms in total. The monoisotopic (exact) mass is 155 g/mol. The smallest absolute Gasteiger partial charge is 0.379 e. The number of ether oxygens (including phenoxy) is 1. The second-order valence-corrected chi connectivity index (χ2v) is 2.35. The van der Waals surface area contributed by atoms with Gasteiger partial charge in [0.05, 0.1) is 19.1 Å². The van der Waals surface area contributed by atoms with Crippen molar-refractivity contribution in [1.29, 1.82) is 0 Å². The summed E-state index contributed by atoms with van der Waals surface area (Å²) in [4.78, 5) is 0. The fourth-order valence-electron chi connectivity index (χ4n) is 0.908. The van der Waals surface area contributed by atoms with E-state index in [-0.39, 0.29) is 13.2 Å². The molecule has 2 atom stereocenters. The maximum atomic E-state index is 11.9. The van der Waals surface area contributed by atoms with E-state index in [1.54, 1.807) is 0 Å². The van der Waals surface area contributed by atoms with E-state index in [4.69, 9.17) is 5.73 Å². The van der Waals surface area contributed by atoms with Crippen LogP contribution in [0.25, 0.3) is 0 Å². The standard InChI is InChI=1S/C5H8F3NO/c6-5(7,8)3-1-10-2-4(3)9/h3-4H,1-2,9H2/t3-,4-/m1/s1. The lowest BCUT2D eigenvalue weighted by Crippen LogP contribution is -2.38. The average Bonchev–Trinajstić information content (AvgIpc) is 2.11. The Morgan fingerprint density at radius 2 is 1.90 bits per heavy atom. The van der Waals surface area contributed by atoms with Gasteiger partial charge in [0.2, 0.25) is 0 Å². The summed E-state index contributed by atoms with van der Waals surface area (Å²) >= 11 is 0. The Morgan fingerprint density at radius 1 is 1.30 bits per heavy atom. The molecule has 10 heavy (non-hydrogen) atoms. The van der Waals surface area contributed by atoms with Crippen LogP contribution in [0.15, 0.2) is 0 Å². The Hall–Kier alpha value is -0.290. The molecule has 5 heteroatoms. The first-order valence-corrected chi connectivity index (χ1v) is 2.92. The zero-order valence-electron chi connectivity index (χ0n) is 5.19. The lowest BCUT2D eigenvalue weighted by atomic mass is 10.1. The summed E-state index contributed by atoms with van der Waals surface area (Å²) in [6.07, 6.45) is -4.20. The number of rotatable bonds is 0. The van der Waals surface area contributed by atoms with E-state index in [1.807, 2.05) is 0 Å². The maximum Gasteiger partial charge on any atom is 0.395 e. The summed E-state index contributed by atoms with van der Waals surface area (Å²) in [5, 5.41) is 0. The lowest BCUT2D eigenvalue weighted by Gasteiger charge is -2.16. The van der Waals surface area contributed by atoms with Crippen molar-refractivity contribution >= 4 is 0 Å². The number of halogens is 3. The summed E-state index contributed by atoms with van der Waals surface area (Å²) in [7, 11) is 0. The molecular weight excluding hydrogens is 147 g/mol. The summed E-state index contributed by atoms with van der Waals surface area (Å²) in [6, 6.07) is -0.875. The minimum atomic E-state index is -4.20. The Balaban J connectivity index is 2.55. The lowest BCUT2D eigenvalue weighted by molar-refractivity contribution is -0.175. The zero-order valence-corrected chi connectivity index (χ0v) is 5.19. The molecule has 0 unspecified atom stereocenters. The van der Waals surface area contributed by atoms with Crippen LogP contribution in [0.2, 0.25) is 0 Å². The normalized spacial score (nSPS) is 34.8. The number of nitrogens with two attached hydrogens (primary N) is 1. The van der Waals surface area contributed by atoms with Crippen molar-refractivity contribution in [3.63, 3.8) is 0 Å². The van der Waals surface area contributed by atoms with Crippen molar-refractivity contribution in [2.75, 3.05) is 13.2 Å². The van der Waals surface area contributed by atoms with Crippen LogP contribution in [-0.4, -0.2) is 25.4 Å². The molecule has 0 aromatic rings. The molecular formula is C5H8F3NO. The Kier molecular flexibility index (Phi) is 1.87. The van der Waals surface area contributed by atoms with Gasteiger partial charge in [-0.25, -0.2) is 0 Å². The molecule has 1 aliphatic heterocycles. The fourth-order valence-corrected chi connectivity index (χ4v) is 0.908. The van der Waals surface area contributed by atoms with E-state index in [1.165, 1.54) is 0 Å². The third kappa shape index (κ3) is 1.41. The molecule has 0 bridgehead atoms. The van der Waals surface area contributed by atoms with Crippen molar-refractivity contribution in [2.45, 2.75) is 12.2 Å². The van der Waals surface area contributed by atoms with Gasteiger partial charge in [0.25, 0.3) is 0 Å². The van der Waals surface area contributed by atoms with Crippen LogP contribution in [0.3, 0.4) is 0 Å². The van der Waals surface area contributed by atoms with Gasteiger partial charge in [0.1, 0.15) is 0 Å². The molecule has 2 N–H and O–H groups in total. The second kappa shape index (κ2) is 2.39. The van der Waals surface area contributed by atoms with Crippen LogP contribution in [-0.2, 0) is 4.74 Å². The highest BCUT2D eigenvalue weighted by molar-refractivity contribution is 4.83. The van der Waals surface area contributed by atoms with Crippen LogP contribution in [0.5, 0.6) is 0 Å². The largest absolute Gasteiger partial charge is 0.395 e. The predicted octanol–water partition coefficient (Wildman–Crippen LogP) is 0.522. The van der Waals surface area contributed by atoms with E-state index in [0.717, 1.165) is 0 Å². The van der Waals surface area contributed by atoms with E-state index in [9.17, 15) is 13.2 Å². The third-order valence-electron chi connectivity index (χ3n) is 1.54. The van der Waals surface area contributed by atoms with Crippen molar-refractivity contribution in [3.05, 3.63) is 0 Å². The van der Waals surface area contributed by atoms with Crippen molar-refractivity contribution in [1.82, 2.24) is 0 Å². The third-order valence-corrected chi connectivity index (χ3v) is 1.54. The molecule has 0 spiro atoms. The van der Waals surface area contributed by atoms with E-state index >= 15 is 0 Å². The summed E-state index contributed by atoms with van der Waals surface area (Å²) in [6.45, 7) is -0.269. The average molecular weight is 155 g/mol. The van der Waals surface area contributed by atoms with Gasteiger partial charge in [-0.15, -0.1) is 0 Å². The summed E-state index contributed by atoms with van der Waals surface area (Å²) in [5.41, 5.74) is 5.12. The Bertz CT molecular complexity index is 125. The minimum Gasteiger partial charge on any atom is -0.379 e. The molecule has 1 fully saturated rings. The topological polar surface area (TPSA) is 35.2 Å². The predicted molar refractivity (Wildman–Crippen MR) is 28.3 cm³/mol. The summed E-state index contributed by atoms with van der Waals surface area (Å²) in [5.74, 6) is -1.47. The molecule has 0 aromatic carbocycles. The molecule has 1 rings (SSSR count). The Morgan fingerprint density at radius 3 is 2.10 bits per heavy atom. The quantitative estimate of drug-likeness (QED) is 0.553. The molecule has 0 aliphatic carbocycles. The van der Waals surface area contributed by atoms with Gasteiger partial charge in [-0.2, -0.15) is 13.2 Å². The molecule has 1 aliphatic rings. The first-order chi connectivity index (χ1) is 4.52. The van der Waals surface area contributed by atoms with Crippen LogP contribution in [0, 0.1) is 5.92 Å². The van der Waals surface area contributed by atoms with Crippen molar-refractivity contribution in [2.24, 2.45) is 11.7 Å². The Labute approximate surface area is 56.1 Å². The number of hydrogen-bond acceptors (Lipinski definition) is 2. The number of hydrogen-bond donors (Lipinski definition) is 1. The first-order valence-electron chi connectivity index (χ1n) is 2.92. The fraction of sp³-hybridized carbons (Fsp3) is 1.00. The maximum absolute atomic E-state index is 11.9. The molecule has 60 valence electrons. The van der Waals surface area contributed by atoms with Gasteiger partial charge in [-0.3, -0.25) is 0 Å².